The third-order valence-corrected chi connectivity index (χ3v) is 7.34. The van der Waals surface area contributed by atoms with E-state index in [4.69, 9.17) is 0 Å². The minimum atomic E-state index is -0.621. The molecule has 0 aromatic heterocycles. The van der Waals surface area contributed by atoms with Gasteiger partial charge < -0.3 is 5.11 Å². The maximum absolute atomic E-state index is 11.6. The minimum absolute atomic E-state index is 0.0620. The Kier molecular flexibility index (Phi) is 6.94. The molecule has 1 unspecified atom stereocenters. The lowest BCUT2D eigenvalue weighted by atomic mass is 9.74. The number of aliphatic hydroxyl groups is 1. The Morgan fingerprint density at radius 3 is 1.72 bits per heavy atom. The van der Waals surface area contributed by atoms with Gasteiger partial charge in [0, 0.05) is 24.7 Å². The number of non-ortho nitro benzene ring substituents is 1. The number of nitro groups is 1. The van der Waals surface area contributed by atoms with Gasteiger partial charge in [-0.3, -0.25) is 15.0 Å². The van der Waals surface area contributed by atoms with E-state index in [0.29, 0.717) is 6.42 Å². The van der Waals surface area contributed by atoms with Gasteiger partial charge in [-0.1, -0.05) is 103 Å². The molecule has 4 aromatic carbocycles. The Labute approximate surface area is 211 Å². The average Bonchev–Trinajstić information content (AvgIpc) is 3.42. The number of hydrogen-bond acceptors (Lipinski definition) is 4. The number of nitrogens with zero attached hydrogens (tertiary/aromatic N) is 2. The van der Waals surface area contributed by atoms with Crippen LogP contribution in [0.25, 0.3) is 0 Å². The number of aliphatic hydroxyl groups excluding tert-OH is 1. The van der Waals surface area contributed by atoms with E-state index >= 15 is 0 Å². The molecule has 5 nitrogen and oxygen atoms in total. The standard InChI is InChI=1S/C31H30N2O3/c34-30(23-24-18-20-28(21-19-24)33(35)36)29-17-10-22-32(29)31(25-11-4-1-5-12-25,26-13-6-2-7-14-26)27-15-8-3-9-16-27/h1-9,11-16,18-21,29-30,34H,10,17,22-23H2/t29?,30-/m1/s1. The lowest BCUT2D eigenvalue weighted by molar-refractivity contribution is -0.384. The molecule has 0 radical (unpaired) electrons. The minimum Gasteiger partial charge on any atom is -0.391 e. The van der Waals surface area contributed by atoms with E-state index in [1.807, 2.05) is 18.2 Å². The van der Waals surface area contributed by atoms with Gasteiger partial charge in [-0.2, -0.15) is 0 Å². The topological polar surface area (TPSA) is 66.6 Å². The molecule has 5 heteroatoms. The summed E-state index contributed by atoms with van der Waals surface area (Å²) in [4.78, 5) is 13.1. The number of likely N-dealkylation sites (tertiary alicyclic amines) is 1. The molecule has 0 bridgehead atoms. The highest BCUT2D eigenvalue weighted by Crippen LogP contribution is 2.46. The molecule has 1 aliphatic rings. The fourth-order valence-electron chi connectivity index (χ4n) is 5.78. The van der Waals surface area contributed by atoms with Crippen molar-refractivity contribution in [1.29, 1.82) is 0 Å². The molecule has 0 amide bonds. The molecule has 0 saturated carbocycles. The van der Waals surface area contributed by atoms with Crippen LogP contribution < -0.4 is 0 Å². The molecule has 0 aliphatic carbocycles. The molecular formula is C31H30N2O3. The van der Waals surface area contributed by atoms with Crippen LogP contribution in [0.3, 0.4) is 0 Å². The van der Waals surface area contributed by atoms with Crippen LogP contribution in [-0.2, 0) is 12.0 Å². The Morgan fingerprint density at radius 1 is 0.806 bits per heavy atom. The molecule has 5 rings (SSSR count). The summed E-state index contributed by atoms with van der Waals surface area (Å²) >= 11 is 0. The van der Waals surface area contributed by atoms with E-state index in [0.717, 1.165) is 41.6 Å². The van der Waals surface area contributed by atoms with E-state index in [1.165, 1.54) is 12.1 Å². The Bertz CT molecular complexity index is 1180. The van der Waals surface area contributed by atoms with Crippen molar-refractivity contribution in [2.24, 2.45) is 0 Å². The fourth-order valence-corrected chi connectivity index (χ4v) is 5.78. The van der Waals surface area contributed by atoms with Crippen molar-refractivity contribution in [2.45, 2.75) is 36.9 Å². The van der Waals surface area contributed by atoms with Gasteiger partial charge in [0.1, 0.15) is 0 Å². The molecule has 1 N–H and O–H groups in total. The zero-order valence-electron chi connectivity index (χ0n) is 20.1. The number of benzene rings is 4. The van der Waals surface area contributed by atoms with Gasteiger partial charge in [-0.05, 0) is 41.5 Å². The van der Waals surface area contributed by atoms with Crippen LogP contribution in [0.5, 0.6) is 0 Å². The van der Waals surface area contributed by atoms with E-state index in [9.17, 15) is 15.2 Å². The van der Waals surface area contributed by atoms with Crippen LogP contribution in [-0.4, -0.2) is 33.6 Å². The highest BCUT2D eigenvalue weighted by Gasteiger charge is 2.48. The first-order chi connectivity index (χ1) is 17.6. The Hall–Kier alpha value is -3.80. The predicted molar refractivity (Wildman–Crippen MR) is 142 cm³/mol. The van der Waals surface area contributed by atoms with Gasteiger partial charge in [0.2, 0.25) is 0 Å². The second kappa shape index (κ2) is 10.4. The summed E-state index contributed by atoms with van der Waals surface area (Å²) in [5.41, 5.74) is 3.88. The largest absolute Gasteiger partial charge is 0.391 e. The van der Waals surface area contributed by atoms with Crippen molar-refractivity contribution in [3.05, 3.63) is 148 Å². The molecular weight excluding hydrogens is 448 g/mol. The molecule has 1 saturated heterocycles. The summed E-state index contributed by atoms with van der Waals surface area (Å²) in [5.74, 6) is 0. The Morgan fingerprint density at radius 2 is 1.28 bits per heavy atom. The molecule has 1 heterocycles. The van der Waals surface area contributed by atoms with E-state index in [2.05, 4.69) is 77.7 Å². The van der Waals surface area contributed by atoms with Crippen LogP contribution >= 0.6 is 0 Å². The molecule has 1 fully saturated rings. The number of nitro benzene ring substituents is 1. The second-order valence-corrected chi connectivity index (χ2v) is 9.41. The summed E-state index contributed by atoms with van der Waals surface area (Å²) < 4.78 is 0. The fraction of sp³-hybridized carbons (Fsp3) is 0.226. The summed E-state index contributed by atoms with van der Waals surface area (Å²) in [5, 5.41) is 22.6. The van der Waals surface area contributed by atoms with Gasteiger partial charge >= 0.3 is 0 Å². The molecule has 4 aromatic rings. The van der Waals surface area contributed by atoms with Crippen LogP contribution in [0.15, 0.2) is 115 Å². The Balaban J connectivity index is 1.60. The first kappa shape index (κ1) is 23.9. The molecule has 182 valence electrons. The lowest BCUT2D eigenvalue weighted by Gasteiger charge is -2.47. The number of rotatable bonds is 8. The van der Waals surface area contributed by atoms with Crippen LogP contribution in [0, 0.1) is 10.1 Å². The smallest absolute Gasteiger partial charge is 0.269 e. The normalized spacial score (nSPS) is 17.1. The zero-order chi connectivity index (χ0) is 25.0. The van der Waals surface area contributed by atoms with Gasteiger partial charge in [-0.25, -0.2) is 0 Å². The van der Waals surface area contributed by atoms with Crippen LogP contribution in [0.1, 0.15) is 35.1 Å². The van der Waals surface area contributed by atoms with E-state index < -0.39 is 16.6 Å². The molecule has 1 aliphatic heterocycles. The van der Waals surface area contributed by atoms with Crippen molar-refractivity contribution >= 4 is 5.69 Å². The maximum Gasteiger partial charge on any atom is 0.269 e. The highest BCUT2D eigenvalue weighted by molar-refractivity contribution is 5.50. The van der Waals surface area contributed by atoms with Crippen molar-refractivity contribution in [3.63, 3.8) is 0 Å². The van der Waals surface area contributed by atoms with Crippen molar-refractivity contribution < 1.29 is 10.0 Å². The summed E-state index contributed by atoms with van der Waals surface area (Å²) in [6, 6.07) is 38.1. The average molecular weight is 479 g/mol. The van der Waals surface area contributed by atoms with E-state index in [-0.39, 0.29) is 11.7 Å². The number of hydrogen-bond donors (Lipinski definition) is 1. The van der Waals surface area contributed by atoms with E-state index in [1.54, 1.807) is 12.1 Å². The van der Waals surface area contributed by atoms with Crippen LogP contribution in [0.4, 0.5) is 5.69 Å². The van der Waals surface area contributed by atoms with Crippen molar-refractivity contribution in [1.82, 2.24) is 4.90 Å². The second-order valence-electron chi connectivity index (χ2n) is 9.41. The van der Waals surface area contributed by atoms with Crippen LogP contribution in [0.2, 0.25) is 0 Å². The molecule has 0 spiro atoms. The summed E-state index contributed by atoms with van der Waals surface area (Å²) in [6.07, 6.45) is 1.68. The summed E-state index contributed by atoms with van der Waals surface area (Å²) in [6.45, 7) is 0.848. The van der Waals surface area contributed by atoms with Crippen molar-refractivity contribution in [3.8, 4) is 0 Å². The third-order valence-electron chi connectivity index (χ3n) is 7.34. The first-order valence-electron chi connectivity index (χ1n) is 12.5. The van der Waals surface area contributed by atoms with Gasteiger partial charge in [0.25, 0.3) is 5.69 Å². The zero-order valence-corrected chi connectivity index (χ0v) is 20.1. The summed E-state index contributed by atoms with van der Waals surface area (Å²) in [7, 11) is 0. The lowest BCUT2D eigenvalue weighted by Crippen LogP contribution is -2.54. The predicted octanol–water partition coefficient (Wildman–Crippen LogP) is 5.95. The molecule has 2 atom stereocenters. The first-order valence-corrected chi connectivity index (χ1v) is 12.5. The third kappa shape index (κ3) is 4.43. The van der Waals surface area contributed by atoms with Gasteiger partial charge in [0.15, 0.2) is 0 Å². The highest BCUT2D eigenvalue weighted by atomic mass is 16.6. The van der Waals surface area contributed by atoms with Gasteiger partial charge in [0.05, 0.1) is 16.6 Å². The molecule has 36 heavy (non-hydrogen) atoms. The van der Waals surface area contributed by atoms with Crippen molar-refractivity contribution in [2.75, 3.05) is 6.54 Å². The quantitative estimate of drug-likeness (QED) is 0.193. The van der Waals surface area contributed by atoms with Gasteiger partial charge in [-0.15, -0.1) is 0 Å². The maximum atomic E-state index is 11.6. The monoisotopic (exact) mass is 478 g/mol. The SMILES string of the molecule is O=[N+]([O-])c1ccc(C[C@@H](O)C2CCCN2C(c2ccccc2)(c2ccccc2)c2ccccc2)cc1.